The van der Waals surface area contributed by atoms with Crippen molar-refractivity contribution in [1.29, 1.82) is 0 Å². The number of para-hydroxylation sites is 1. The minimum absolute atomic E-state index is 0.0156. The van der Waals surface area contributed by atoms with Crippen molar-refractivity contribution in [1.82, 2.24) is 4.90 Å². The first-order valence-electron chi connectivity index (χ1n) is 12.9. The Morgan fingerprint density at radius 3 is 2.56 bits per heavy atom. The number of aliphatic hydroxyl groups is 1. The number of halogens is 1. The monoisotopic (exact) mass is 510 g/mol. The average molecular weight is 511 g/mol. The maximum absolute atomic E-state index is 15.9. The van der Waals surface area contributed by atoms with Crippen LogP contribution in [-0.2, 0) is 26.5 Å². The van der Waals surface area contributed by atoms with E-state index in [1.807, 2.05) is 61.5 Å². The topological polar surface area (TPSA) is 70.1 Å². The van der Waals surface area contributed by atoms with Crippen molar-refractivity contribution in [3.8, 4) is 0 Å². The standard InChI is InChI=1S/C28H35FN2O4Si/c1-19-26(36(2,3)29)24(16-25(33)30-15-9-12-21(30)18-32)35-28(19)22-13-7-8-14-23(22)31(27(28)34)17-20-10-5-4-6-11-20/h4-8,10-11,13-14,19,21,24,26,32H,9,12,15-18H2,1-3H3/t19-,21-,24+,26-,28+/m0/s1. The predicted octanol–water partition coefficient (Wildman–Crippen LogP) is 4.38. The third-order valence-electron chi connectivity index (χ3n) is 8.34. The van der Waals surface area contributed by atoms with Crippen LogP contribution in [0.25, 0.3) is 0 Å². The van der Waals surface area contributed by atoms with Crippen molar-refractivity contribution >= 4 is 25.9 Å². The van der Waals surface area contributed by atoms with Gasteiger partial charge in [0.05, 0.1) is 37.4 Å². The summed E-state index contributed by atoms with van der Waals surface area (Å²) >= 11 is 0. The lowest BCUT2D eigenvalue weighted by molar-refractivity contribution is -0.150. The van der Waals surface area contributed by atoms with Crippen molar-refractivity contribution in [2.24, 2.45) is 5.92 Å². The van der Waals surface area contributed by atoms with Crippen molar-refractivity contribution < 1.29 is 23.5 Å². The second kappa shape index (κ2) is 9.39. The number of carbonyl (C=O) groups excluding carboxylic acids is 2. The van der Waals surface area contributed by atoms with Crippen molar-refractivity contribution in [2.45, 2.75) is 69.1 Å². The van der Waals surface area contributed by atoms with E-state index in [9.17, 15) is 14.7 Å². The molecule has 2 aromatic rings. The smallest absolute Gasteiger partial charge is 0.264 e. The van der Waals surface area contributed by atoms with Crippen molar-refractivity contribution in [3.05, 3.63) is 65.7 Å². The summed E-state index contributed by atoms with van der Waals surface area (Å²) in [6.45, 7) is 6.11. The van der Waals surface area contributed by atoms with Gasteiger partial charge in [0.1, 0.15) is 0 Å². The Balaban J connectivity index is 1.51. The number of hydrogen-bond acceptors (Lipinski definition) is 4. The molecule has 0 radical (unpaired) electrons. The lowest BCUT2D eigenvalue weighted by Gasteiger charge is -2.31. The highest BCUT2D eigenvalue weighted by Crippen LogP contribution is 2.60. The molecule has 2 fully saturated rings. The molecule has 2 saturated heterocycles. The summed E-state index contributed by atoms with van der Waals surface area (Å²) in [5, 5.41) is 9.70. The van der Waals surface area contributed by atoms with E-state index in [0.717, 1.165) is 29.7 Å². The van der Waals surface area contributed by atoms with E-state index in [4.69, 9.17) is 4.74 Å². The third-order valence-corrected chi connectivity index (χ3v) is 10.8. The minimum atomic E-state index is -3.34. The highest BCUT2D eigenvalue weighted by atomic mass is 28.4. The Morgan fingerprint density at radius 1 is 1.17 bits per heavy atom. The molecular weight excluding hydrogens is 475 g/mol. The Bertz CT molecular complexity index is 1140. The first kappa shape index (κ1) is 25.1. The van der Waals surface area contributed by atoms with Gasteiger partial charge in [-0.05, 0) is 37.6 Å². The molecule has 3 aliphatic rings. The summed E-state index contributed by atoms with van der Waals surface area (Å²) in [7, 11) is -3.34. The van der Waals surface area contributed by atoms with Gasteiger partial charge in [-0.2, -0.15) is 0 Å². The van der Waals surface area contributed by atoms with Gasteiger partial charge in [-0.1, -0.05) is 55.5 Å². The number of amides is 2. The Morgan fingerprint density at radius 2 is 1.86 bits per heavy atom. The molecular formula is C28H35FN2O4Si. The number of benzene rings is 2. The van der Waals surface area contributed by atoms with Crippen molar-refractivity contribution in [2.75, 3.05) is 18.1 Å². The highest BCUT2D eigenvalue weighted by molar-refractivity contribution is 6.72. The number of likely N-dealkylation sites (tertiary alicyclic amines) is 1. The molecule has 0 aliphatic carbocycles. The van der Waals surface area contributed by atoms with Crippen LogP contribution in [0.15, 0.2) is 54.6 Å². The van der Waals surface area contributed by atoms with Crippen LogP contribution in [0.3, 0.4) is 0 Å². The van der Waals surface area contributed by atoms with Gasteiger partial charge in [-0.15, -0.1) is 0 Å². The molecule has 0 bridgehead atoms. The summed E-state index contributed by atoms with van der Waals surface area (Å²) in [5.74, 6) is -0.750. The maximum Gasteiger partial charge on any atom is 0.264 e. The average Bonchev–Trinajstić information content (AvgIpc) is 3.51. The second-order valence-electron chi connectivity index (χ2n) is 10.9. The Kier molecular flexibility index (Phi) is 6.55. The number of aliphatic hydroxyl groups excluding tert-OH is 1. The molecule has 0 saturated carbocycles. The largest absolute Gasteiger partial charge is 0.394 e. The van der Waals surface area contributed by atoms with E-state index in [0.29, 0.717) is 13.1 Å². The van der Waals surface area contributed by atoms with Crippen LogP contribution in [0.1, 0.15) is 37.3 Å². The second-order valence-corrected chi connectivity index (χ2v) is 14.7. The molecule has 3 aliphatic heterocycles. The zero-order valence-corrected chi connectivity index (χ0v) is 22.2. The fourth-order valence-corrected chi connectivity index (χ4v) is 9.26. The fourth-order valence-electron chi connectivity index (χ4n) is 6.77. The van der Waals surface area contributed by atoms with Gasteiger partial charge in [0.25, 0.3) is 5.91 Å². The van der Waals surface area contributed by atoms with E-state index in [2.05, 4.69) is 0 Å². The van der Waals surface area contributed by atoms with Gasteiger partial charge in [0.15, 0.2) is 5.60 Å². The van der Waals surface area contributed by atoms with E-state index in [1.165, 1.54) is 0 Å². The number of anilines is 1. The maximum atomic E-state index is 15.9. The zero-order valence-electron chi connectivity index (χ0n) is 21.2. The molecule has 6 nitrogen and oxygen atoms in total. The number of nitrogens with zero attached hydrogens (tertiary/aromatic N) is 2. The summed E-state index contributed by atoms with van der Waals surface area (Å²) in [6.07, 6.45) is 0.923. The molecule has 36 heavy (non-hydrogen) atoms. The molecule has 2 aromatic carbocycles. The number of rotatable bonds is 6. The molecule has 5 rings (SSSR count). The molecule has 1 N–H and O–H groups in total. The highest BCUT2D eigenvalue weighted by Gasteiger charge is 2.67. The molecule has 3 heterocycles. The van der Waals surface area contributed by atoms with Crippen LogP contribution in [0.2, 0.25) is 18.6 Å². The van der Waals surface area contributed by atoms with Gasteiger partial charge in [0, 0.05) is 23.6 Å². The number of carbonyl (C=O) groups is 2. The van der Waals surface area contributed by atoms with Crippen LogP contribution in [0, 0.1) is 5.92 Å². The van der Waals surface area contributed by atoms with Gasteiger partial charge in [-0.25, -0.2) is 0 Å². The molecule has 1 spiro atoms. The van der Waals surface area contributed by atoms with Crippen LogP contribution < -0.4 is 4.90 Å². The molecule has 192 valence electrons. The first-order valence-corrected chi connectivity index (χ1v) is 15.9. The minimum Gasteiger partial charge on any atom is -0.394 e. The SMILES string of the molecule is C[C@H]1[C@H]([Si](C)(C)F)[C@@H](CC(=O)N2CCC[C@H]2CO)O[C@]12C(=O)N(Cc1ccccc1)c1ccccc12. The number of ether oxygens (including phenoxy) is 1. The molecule has 0 unspecified atom stereocenters. The van der Waals surface area contributed by atoms with E-state index >= 15 is 4.11 Å². The summed E-state index contributed by atoms with van der Waals surface area (Å²) in [4.78, 5) is 31.0. The lowest BCUT2D eigenvalue weighted by atomic mass is 9.82. The van der Waals surface area contributed by atoms with E-state index < -0.39 is 31.6 Å². The van der Waals surface area contributed by atoms with Crippen LogP contribution in [0.4, 0.5) is 9.80 Å². The quantitative estimate of drug-likeness (QED) is 0.463. The van der Waals surface area contributed by atoms with Gasteiger partial charge < -0.3 is 23.8 Å². The normalized spacial score (nSPS) is 29.9. The molecule has 0 aromatic heterocycles. The van der Waals surface area contributed by atoms with Gasteiger partial charge >= 0.3 is 0 Å². The van der Waals surface area contributed by atoms with Gasteiger partial charge in [-0.3, -0.25) is 9.59 Å². The third kappa shape index (κ3) is 3.99. The van der Waals surface area contributed by atoms with Crippen LogP contribution in [-0.4, -0.2) is 55.5 Å². The van der Waals surface area contributed by atoms with Crippen LogP contribution in [0.5, 0.6) is 0 Å². The predicted molar refractivity (Wildman–Crippen MR) is 139 cm³/mol. The summed E-state index contributed by atoms with van der Waals surface area (Å²) in [6, 6.07) is 17.2. The van der Waals surface area contributed by atoms with Crippen LogP contribution >= 0.6 is 0 Å². The first-order chi connectivity index (χ1) is 17.2. The van der Waals surface area contributed by atoms with E-state index in [1.54, 1.807) is 22.9 Å². The Hall–Kier alpha value is -2.55. The molecule has 5 atom stereocenters. The molecule has 8 heteroatoms. The number of fused-ring (bicyclic) bond motifs is 2. The van der Waals surface area contributed by atoms with Gasteiger partial charge in [0.2, 0.25) is 14.3 Å². The molecule has 2 amide bonds. The Labute approximate surface area is 213 Å². The van der Waals surface area contributed by atoms with Crippen molar-refractivity contribution in [3.63, 3.8) is 0 Å². The summed E-state index contributed by atoms with van der Waals surface area (Å²) < 4.78 is 22.6. The summed E-state index contributed by atoms with van der Waals surface area (Å²) in [5.41, 5.74) is 0.688. The van der Waals surface area contributed by atoms with E-state index in [-0.39, 0.29) is 30.9 Å². The lowest BCUT2D eigenvalue weighted by Crippen LogP contribution is -2.45. The fraction of sp³-hybridized carbons (Fsp3) is 0.500. The number of hydrogen-bond donors (Lipinski definition) is 1. The zero-order chi connectivity index (χ0) is 25.7.